The first-order valence-electron chi connectivity index (χ1n) is 13.5. The summed E-state index contributed by atoms with van der Waals surface area (Å²) in [5, 5.41) is 0. The van der Waals surface area contributed by atoms with Gasteiger partial charge in [-0.3, -0.25) is 4.90 Å². The molecule has 0 unspecified atom stereocenters. The summed E-state index contributed by atoms with van der Waals surface area (Å²) in [5.74, 6) is 1.92. The van der Waals surface area contributed by atoms with Gasteiger partial charge in [0.15, 0.2) is 11.6 Å². The molecule has 0 atom stereocenters. The van der Waals surface area contributed by atoms with Crippen LogP contribution in [0.3, 0.4) is 0 Å². The van der Waals surface area contributed by atoms with E-state index in [9.17, 15) is 13.2 Å². The lowest BCUT2D eigenvalue weighted by atomic mass is 10.0. The van der Waals surface area contributed by atoms with Crippen LogP contribution in [-0.4, -0.2) is 78.8 Å². The van der Waals surface area contributed by atoms with Crippen LogP contribution in [0.25, 0.3) is 27.7 Å². The molecule has 1 aliphatic carbocycles. The topological polar surface area (TPSA) is 70.8 Å². The van der Waals surface area contributed by atoms with Gasteiger partial charge in [-0.15, -0.1) is 11.3 Å². The third-order valence-electron chi connectivity index (χ3n) is 7.67. The number of halogens is 3. The average molecular weight is 559 g/mol. The summed E-state index contributed by atoms with van der Waals surface area (Å²) in [6.45, 7) is 8.81. The van der Waals surface area contributed by atoms with Gasteiger partial charge in [-0.05, 0) is 54.8 Å². The van der Waals surface area contributed by atoms with Gasteiger partial charge in [0.2, 0.25) is 0 Å². The fourth-order valence-electron chi connectivity index (χ4n) is 5.34. The Labute approximate surface area is 230 Å². The van der Waals surface area contributed by atoms with Crippen molar-refractivity contribution in [1.29, 1.82) is 0 Å². The molecule has 0 amide bonds. The minimum atomic E-state index is -4.48. The predicted molar refractivity (Wildman–Crippen MR) is 149 cm³/mol. The van der Waals surface area contributed by atoms with Crippen LogP contribution in [0.15, 0.2) is 30.5 Å². The Kier molecular flexibility index (Phi) is 7.49. The number of aromatic nitrogens is 2. The van der Waals surface area contributed by atoms with Crippen molar-refractivity contribution in [3.05, 3.63) is 46.5 Å². The molecule has 7 nitrogen and oxygen atoms in total. The zero-order chi connectivity index (χ0) is 27.0. The molecule has 0 radical (unpaired) electrons. The zero-order valence-corrected chi connectivity index (χ0v) is 22.6. The molecule has 6 rings (SSSR count). The van der Waals surface area contributed by atoms with Crippen LogP contribution in [0, 0.1) is 5.92 Å². The highest BCUT2D eigenvalue weighted by Gasteiger charge is 2.32. The number of anilines is 1. The Morgan fingerprint density at radius 1 is 1.00 bits per heavy atom. The number of morpholine rings is 1. The second kappa shape index (κ2) is 11.0. The number of nitrogens with two attached hydrogens (primary N) is 1. The van der Waals surface area contributed by atoms with Crippen LogP contribution in [0.2, 0.25) is 0 Å². The first-order valence-corrected chi connectivity index (χ1v) is 14.4. The number of rotatable bonds is 7. The first-order chi connectivity index (χ1) is 18.9. The largest absolute Gasteiger partial charge is 0.416 e. The molecule has 2 aromatic heterocycles. The Morgan fingerprint density at radius 3 is 2.44 bits per heavy atom. The van der Waals surface area contributed by atoms with Gasteiger partial charge in [0, 0.05) is 62.8 Å². The predicted octanol–water partition coefficient (Wildman–Crippen LogP) is 4.67. The molecule has 1 aromatic carbocycles. The molecule has 11 heteroatoms. The number of fused-ring (bicyclic) bond motifs is 1. The lowest BCUT2D eigenvalue weighted by Crippen LogP contribution is -2.46. The van der Waals surface area contributed by atoms with Crippen LogP contribution in [0.1, 0.15) is 28.8 Å². The molecule has 39 heavy (non-hydrogen) atoms. The summed E-state index contributed by atoms with van der Waals surface area (Å²) in [5.41, 5.74) is 6.49. The lowest BCUT2D eigenvalue weighted by Gasteiger charge is -2.34. The molecule has 208 valence electrons. The van der Waals surface area contributed by atoms with Gasteiger partial charge in [-0.1, -0.05) is 6.07 Å². The lowest BCUT2D eigenvalue weighted by molar-refractivity contribution is -0.137. The number of piperazine rings is 1. The molecule has 2 N–H and O–H groups in total. The van der Waals surface area contributed by atoms with Crippen LogP contribution in [0.4, 0.5) is 19.0 Å². The van der Waals surface area contributed by atoms with E-state index in [1.165, 1.54) is 36.5 Å². The van der Waals surface area contributed by atoms with Gasteiger partial charge in [0.05, 0.1) is 29.0 Å². The molecule has 2 saturated heterocycles. The highest BCUT2D eigenvalue weighted by Crippen LogP contribution is 2.38. The van der Waals surface area contributed by atoms with Gasteiger partial charge >= 0.3 is 6.18 Å². The minimum absolute atomic E-state index is 0.265. The number of benzene rings is 1. The SMILES string of the molecule is N/C=C\c1ccc(C(F)(F)F)cc1-c1nc(N2CCOCC2)c2sc(CN3CCN(CC4CC4)CC3)cc2n1. The first kappa shape index (κ1) is 26.5. The smallest absolute Gasteiger partial charge is 0.405 e. The minimum Gasteiger partial charge on any atom is -0.405 e. The number of hydrogen-bond acceptors (Lipinski definition) is 8. The molecular formula is C28H33F3N6OS. The van der Waals surface area contributed by atoms with Gasteiger partial charge in [-0.2, -0.15) is 13.2 Å². The fourth-order valence-corrected chi connectivity index (χ4v) is 6.50. The Hall–Kier alpha value is -2.73. The molecule has 3 fully saturated rings. The Morgan fingerprint density at radius 2 is 1.74 bits per heavy atom. The van der Waals surface area contributed by atoms with Crippen molar-refractivity contribution in [2.24, 2.45) is 11.7 Å². The molecule has 0 bridgehead atoms. The molecule has 0 spiro atoms. The standard InChI is InChI=1S/C28H33F3N6OS/c29-28(30,31)21-4-3-20(5-6-32)23(15-21)26-33-24-16-22(18-36-9-7-35(8-10-36)17-19-1-2-19)39-25(24)27(34-26)37-11-13-38-14-12-37/h3-6,15-16,19H,1-2,7-14,17-18,32H2/b6-5-. The normalized spacial score (nSPS) is 19.9. The highest BCUT2D eigenvalue weighted by molar-refractivity contribution is 7.19. The van der Waals surface area contributed by atoms with Gasteiger partial charge in [0.25, 0.3) is 0 Å². The third-order valence-corrected chi connectivity index (χ3v) is 8.78. The maximum absolute atomic E-state index is 13.6. The summed E-state index contributed by atoms with van der Waals surface area (Å²) in [4.78, 5) is 18.1. The molecular weight excluding hydrogens is 525 g/mol. The van der Waals surface area contributed by atoms with E-state index in [0.29, 0.717) is 37.4 Å². The Balaban J connectivity index is 1.34. The van der Waals surface area contributed by atoms with Gasteiger partial charge < -0.3 is 20.3 Å². The van der Waals surface area contributed by atoms with E-state index in [2.05, 4.69) is 20.8 Å². The van der Waals surface area contributed by atoms with E-state index >= 15 is 0 Å². The van der Waals surface area contributed by atoms with E-state index in [0.717, 1.165) is 66.8 Å². The monoisotopic (exact) mass is 558 g/mol. The van der Waals surface area contributed by atoms with Crippen molar-refractivity contribution < 1.29 is 17.9 Å². The summed E-state index contributed by atoms with van der Waals surface area (Å²) in [7, 11) is 0. The van der Waals surface area contributed by atoms with Crippen molar-refractivity contribution in [3.8, 4) is 11.4 Å². The van der Waals surface area contributed by atoms with E-state index < -0.39 is 11.7 Å². The molecule has 2 aliphatic heterocycles. The quantitative estimate of drug-likeness (QED) is 0.452. The van der Waals surface area contributed by atoms with Crippen molar-refractivity contribution in [3.63, 3.8) is 0 Å². The number of ether oxygens (including phenoxy) is 1. The summed E-state index contributed by atoms with van der Waals surface area (Å²) < 4.78 is 47.4. The van der Waals surface area contributed by atoms with E-state index in [1.807, 2.05) is 0 Å². The maximum Gasteiger partial charge on any atom is 0.416 e. The zero-order valence-electron chi connectivity index (χ0n) is 21.8. The molecule has 1 saturated carbocycles. The second-order valence-electron chi connectivity index (χ2n) is 10.6. The highest BCUT2D eigenvalue weighted by atomic mass is 32.1. The molecule has 4 heterocycles. The number of nitrogens with zero attached hydrogens (tertiary/aromatic N) is 5. The second-order valence-corrected chi connectivity index (χ2v) is 11.7. The average Bonchev–Trinajstić information content (AvgIpc) is 3.65. The molecule has 3 aromatic rings. The van der Waals surface area contributed by atoms with Crippen molar-refractivity contribution in [1.82, 2.24) is 19.8 Å². The van der Waals surface area contributed by atoms with E-state index in [4.69, 9.17) is 20.4 Å². The fraction of sp³-hybridized carbons (Fsp3) is 0.500. The summed E-state index contributed by atoms with van der Waals surface area (Å²) in [6.07, 6.45) is 1.18. The van der Waals surface area contributed by atoms with Crippen LogP contribution < -0.4 is 10.6 Å². The Bertz CT molecular complexity index is 1340. The third kappa shape index (κ3) is 6.06. The number of thiophene rings is 1. The van der Waals surface area contributed by atoms with E-state index in [-0.39, 0.29) is 5.82 Å². The van der Waals surface area contributed by atoms with Crippen LogP contribution >= 0.6 is 11.3 Å². The van der Waals surface area contributed by atoms with Crippen LogP contribution in [0.5, 0.6) is 0 Å². The summed E-state index contributed by atoms with van der Waals surface area (Å²) >= 11 is 1.68. The number of alkyl halides is 3. The van der Waals surface area contributed by atoms with E-state index in [1.54, 1.807) is 17.4 Å². The maximum atomic E-state index is 13.6. The van der Waals surface area contributed by atoms with Crippen molar-refractivity contribution in [2.75, 3.05) is 63.9 Å². The number of hydrogen-bond donors (Lipinski definition) is 1. The molecule has 3 aliphatic rings. The summed E-state index contributed by atoms with van der Waals surface area (Å²) in [6, 6.07) is 5.69. The van der Waals surface area contributed by atoms with Gasteiger partial charge in [-0.25, -0.2) is 9.97 Å². The van der Waals surface area contributed by atoms with Crippen molar-refractivity contribution >= 4 is 33.4 Å². The van der Waals surface area contributed by atoms with Crippen molar-refractivity contribution in [2.45, 2.75) is 25.6 Å². The van der Waals surface area contributed by atoms with Gasteiger partial charge in [0.1, 0.15) is 0 Å². The van der Waals surface area contributed by atoms with Crippen LogP contribution in [-0.2, 0) is 17.5 Å².